The maximum absolute atomic E-state index is 12.4. The smallest absolute Gasteiger partial charge is 0.248 e. The number of carbonyl (C=O) groups is 2. The molecule has 0 unspecified atom stereocenters. The first-order valence-electron chi connectivity index (χ1n) is 8.97. The Morgan fingerprint density at radius 3 is 2.46 bits per heavy atom. The van der Waals surface area contributed by atoms with Crippen LogP contribution in [0, 0.1) is 0 Å². The fourth-order valence-corrected chi connectivity index (χ4v) is 3.60. The van der Waals surface area contributed by atoms with Crippen molar-refractivity contribution in [2.24, 2.45) is 0 Å². The van der Waals surface area contributed by atoms with Gasteiger partial charge in [-0.2, -0.15) is 0 Å². The van der Waals surface area contributed by atoms with Crippen molar-refractivity contribution in [1.29, 1.82) is 0 Å². The second-order valence-corrected chi connectivity index (χ2v) is 7.54. The third-order valence-corrected chi connectivity index (χ3v) is 5.40. The van der Waals surface area contributed by atoms with Gasteiger partial charge in [0.15, 0.2) is 0 Å². The number of hydrogen-bond acceptors (Lipinski definition) is 3. The summed E-state index contributed by atoms with van der Waals surface area (Å²) in [6.45, 7) is 1.97. The normalized spacial score (nSPS) is 10.8. The zero-order valence-electron chi connectivity index (χ0n) is 15.9. The molecule has 28 heavy (non-hydrogen) atoms. The lowest BCUT2D eigenvalue weighted by molar-refractivity contribution is -0.128. The van der Waals surface area contributed by atoms with Gasteiger partial charge >= 0.3 is 0 Å². The second-order valence-electron chi connectivity index (χ2n) is 6.42. The molecule has 0 bridgehead atoms. The highest BCUT2D eigenvalue weighted by Crippen LogP contribution is 2.28. The standard InChI is InChI=1S/C23H22N2O2S/c1-17(26)25(2)16-19-10-6-7-11-21(19)24-23(27)15-13-20-12-14-22(28-20)18-8-4-3-5-9-18/h3-15H,16H2,1-2H3,(H,24,27)/b15-13+. The summed E-state index contributed by atoms with van der Waals surface area (Å²) in [5.41, 5.74) is 2.77. The van der Waals surface area contributed by atoms with E-state index in [2.05, 4.69) is 23.5 Å². The molecule has 2 amide bonds. The molecule has 1 aromatic heterocycles. The molecular formula is C23H22N2O2S. The Labute approximate surface area is 169 Å². The van der Waals surface area contributed by atoms with Gasteiger partial charge in [0, 0.05) is 42.0 Å². The highest BCUT2D eigenvalue weighted by atomic mass is 32.1. The molecule has 0 saturated carbocycles. The van der Waals surface area contributed by atoms with Gasteiger partial charge in [0.2, 0.25) is 11.8 Å². The molecule has 0 aliphatic rings. The lowest BCUT2D eigenvalue weighted by Gasteiger charge is -2.17. The number of amides is 2. The largest absolute Gasteiger partial charge is 0.342 e. The summed E-state index contributed by atoms with van der Waals surface area (Å²) in [5, 5.41) is 2.90. The zero-order valence-corrected chi connectivity index (χ0v) is 16.7. The summed E-state index contributed by atoms with van der Waals surface area (Å²) in [4.78, 5) is 27.6. The number of nitrogens with zero attached hydrogens (tertiary/aromatic N) is 1. The SMILES string of the molecule is CC(=O)N(C)Cc1ccccc1NC(=O)/C=C/c1ccc(-c2ccccc2)s1. The third-order valence-electron chi connectivity index (χ3n) is 4.30. The van der Waals surface area contributed by atoms with E-state index in [0.717, 1.165) is 10.4 Å². The molecule has 3 aromatic rings. The van der Waals surface area contributed by atoms with Gasteiger partial charge < -0.3 is 10.2 Å². The molecule has 4 nitrogen and oxygen atoms in total. The fraction of sp³-hybridized carbons (Fsp3) is 0.130. The van der Waals surface area contributed by atoms with Crippen LogP contribution in [0.3, 0.4) is 0 Å². The van der Waals surface area contributed by atoms with Crippen molar-refractivity contribution in [3.63, 3.8) is 0 Å². The number of benzene rings is 2. The van der Waals surface area contributed by atoms with Gasteiger partial charge in [-0.1, -0.05) is 48.5 Å². The molecule has 0 saturated heterocycles. The molecule has 0 fully saturated rings. The van der Waals surface area contributed by atoms with Crippen molar-refractivity contribution in [3.8, 4) is 10.4 Å². The first-order valence-corrected chi connectivity index (χ1v) is 9.78. The molecule has 0 aliphatic carbocycles. The van der Waals surface area contributed by atoms with Crippen LogP contribution in [-0.2, 0) is 16.1 Å². The van der Waals surface area contributed by atoms with Crippen molar-refractivity contribution in [2.45, 2.75) is 13.5 Å². The van der Waals surface area contributed by atoms with Crippen molar-refractivity contribution in [1.82, 2.24) is 4.90 Å². The molecule has 0 radical (unpaired) electrons. The maximum Gasteiger partial charge on any atom is 0.248 e. The number of carbonyl (C=O) groups excluding carboxylic acids is 2. The summed E-state index contributed by atoms with van der Waals surface area (Å²) >= 11 is 1.64. The Morgan fingerprint density at radius 1 is 1.00 bits per heavy atom. The van der Waals surface area contributed by atoms with Crippen LogP contribution >= 0.6 is 11.3 Å². The first kappa shape index (κ1) is 19.6. The number of anilines is 1. The molecule has 0 atom stereocenters. The second kappa shape index (κ2) is 9.15. The van der Waals surface area contributed by atoms with Crippen molar-refractivity contribution < 1.29 is 9.59 Å². The topological polar surface area (TPSA) is 49.4 Å². The summed E-state index contributed by atoms with van der Waals surface area (Å²) in [7, 11) is 1.74. The predicted octanol–water partition coefficient (Wildman–Crippen LogP) is 5.05. The predicted molar refractivity (Wildman–Crippen MR) is 116 cm³/mol. The van der Waals surface area contributed by atoms with Crippen LogP contribution in [0.5, 0.6) is 0 Å². The van der Waals surface area contributed by atoms with E-state index in [1.54, 1.807) is 23.3 Å². The minimum Gasteiger partial charge on any atom is -0.342 e. The quantitative estimate of drug-likeness (QED) is 0.599. The van der Waals surface area contributed by atoms with Gasteiger partial charge in [0.05, 0.1) is 0 Å². The molecule has 1 N–H and O–H groups in total. The summed E-state index contributed by atoms with van der Waals surface area (Å²) < 4.78 is 0. The van der Waals surface area contributed by atoms with E-state index in [9.17, 15) is 9.59 Å². The molecule has 0 spiro atoms. The Morgan fingerprint density at radius 2 is 1.71 bits per heavy atom. The number of para-hydroxylation sites is 1. The Kier molecular flexibility index (Phi) is 6.40. The number of thiophene rings is 1. The summed E-state index contributed by atoms with van der Waals surface area (Å²) in [6, 6.07) is 21.7. The third kappa shape index (κ3) is 5.18. The van der Waals surface area contributed by atoms with Crippen LogP contribution in [-0.4, -0.2) is 23.8 Å². The first-order chi connectivity index (χ1) is 13.5. The number of rotatable bonds is 6. The van der Waals surface area contributed by atoms with E-state index >= 15 is 0 Å². The fourth-order valence-electron chi connectivity index (χ4n) is 2.68. The highest BCUT2D eigenvalue weighted by Gasteiger charge is 2.09. The number of hydrogen-bond donors (Lipinski definition) is 1. The van der Waals surface area contributed by atoms with Crippen LogP contribution in [0.15, 0.2) is 72.8 Å². The van der Waals surface area contributed by atoms with E-state index in [4.69, 9.17) is 0 Å². The van der Waals surface area contributed by atoms with Gasteiger partial charge in [-0.05, 0) is 35.4 Å². The van der Waals surface area contributed by atoms with E-state index in [-0.39, 0.29) is 11.8 Å². The van der Waals surface area contributed by atoms with Gasteiger partial charge in [0.25, 0.3) is 0 Å². The van der Waals surface area contributed by atoms with Crippen LogP contribution < -0.4 is 5.32 Å². The molecule has 2 aromatic carbocycles. The van der Waals surface area contributed by atoms with Crippen LogP contribution in [0.1, 0.15) is 17.4 Å². The van der Waals surface area contributed by atoms with Gasteiger partial charge in [-0.25, -0.2) is 0 Å². The minimum atomic E-state index is -0.201. The van der Waals surface area contributed by atoms with Crippen molar-refractivity contribution >= 4 is 34.9 Å². The van der Waals surface area contributed by atoms with E-state index in [1.807, 2.05) is 54.6 Å². The Hall–Kier alpha value is -3.18. The molecule has 3 rings (SSSR count). The molecule has 1 heterocycles. The van der Waals surface area contributed by atoms with E-state index in [0.29, 0.717) is 12.2 Å². The minimum absolute atomic E-state index is 0.0204. The van der Waals surface area contributed by atoms with Crippen molar-refractivity contribution in [2.75, 3.05) is 12.4 Å². The van der Waals surface area contributed by atoms with Gasteiger partial charge in [-0.15, -0.1) is 11.3 Å². The highest BCUT2D eigenvalue weighted by molar-refractivity contribution is 7.16. The average molecular weight is 391 g/mol. The van der Waals surface area contributed by atoms with Crippen molar-refractivity contribution in [3.05, 3.63) is 83.2 Å². The van der Waals surface area contributed by atoms with Crippen LogP contribution in [0.2, 0.25) is 0 Å². The van der Waals surface area contributed by atoms with Crippen LogP contribution in [0.25, 0.3) is 16.5 Å². The van der Waals surface area contributed by atoms with E-state index < -0.39 is 0 Å². The number of nitrogens with one attached hydrogen (secondary N) is 1. The van der Waals surface area contributed by atoms with E-state index in [1.165, 1.54) is 23.4 Å². The van der Waals surface area contributed by atoms with Crippen LogP contribution in [0.4, 0.5) is 5.69 Å². The Balaban J connectivity index is 1.66. The lowest BCUT2D eigenvalue weighted by Crippen LogP contribution is -2.24. The molecular weight excluding hydrogens is 368 g/mol. The average Bonchev–Trinajstić information content (AvgIpc) is 3.17. The molecule has 142 valence electrons. The van der Waals surface area contributed by atoms with Gasteiger partial charge in [-0.3, -0.25) is 9.59 Å². The van der Waals surface area contributed by atoms with Gasteiger partial charge in [0.1, 0.15) is 0 Å². The Bertz CT molecular complexity index is 993. The molecule has 0 aliphatic heterocycles. The maximum atomic E-state index is 12.4. The summed E-state index contributed by atoms with van der Waals surface area (Å²) in [6.07, 6.45) is 3.35. The zero-order chi connectivity index (χ0) is 19.9. The monoisotopic (exact) mass is 390 g/mol. The lowest BCUT2D eigenvalue weighted by atomic mass is 10.1. The summed E-state index contributed by atoms with van der Waals surface area (Å²) in [5.74, 6) is -0.222. The molecule has 5 heteroatoms.